The summed E-state index contributed by atoms with van der Waals surface area (Å²) in [4.78, 5) is 24.0. The van der Waals surface area contributed by atoms with Crippen LogP contribution in [0, 0.1) is 6.92 Å². The van der Waals surface area contributed by atoms with Crippen LogP contribution in [0.25, 0.3) is 11.2 Å². The smallest absolute Gasteiger partial charge is 0.253 e. The first-order chi connectivity index (χ1) is 12.2. The molecule has 128 valence electrons. The number of aromatic nitrogens is 3. The number of benzene rings is 1. The highest BCUT2D eigenvalue weighted by Crippen LogP contribution is 2.29. The van der Waals surface area contributed by atoms with E-state index in [0.29, 0.717) is 0 Å². The van der Waals surface area contributed by atoms with Gasteiger partial charge in [-0.25, -0.2) is 9.97 Å². The maximum Gasteiger partial charge on any atom is 0.253 e. The fraction of sp³-hybridized carbons (Fsp3) is 0.350. The summed E-state index contributed by atoms with van der Waals surface area (Å²) in [6.45, 7) is 6.48. The molecule has 1 atom stereocenters. The zero-order chi connectivity index (χ0) is 17.4. The lowest BCUT2D eigenvalue weighted by molar-refractivity contribution is 0.0790. The van der Waals surface area contributed by atoms with Crippen molar-refractivity contribution in [3.05, 3.63) is 59.5 Å². The van der Waals surface area contributed by atoms with E-state index in [9.17, 15) is 4.79 Å². The average Bonchev–Trinajstić information content (AvgIpc) is 3.26. The third-order valence-electron chi connectivity index (χ3n) is 4.99. The Morgan fingerprint density at radius 1 is 1.24 bits per heavy atom. The second-order valence-corrected chi connectivity index (χ2v) is 6.66. The molecule has 5 nitrogen and oxygen atoms in total. The second kappa shape index (κ2) is 6.31. The second-order valence-electron chi connectivity index (χ2n) is 6.66. The number of hydrogen-bond donors (Lipinski definition) is 0. The molecule has 0 spiro atoms. The summed E-state index contributed by atoms with van der Waals surface area (Å²) in [6.07, 6.45) is 2.75. The van der Waals surface area contributed by atoms with Gasteiger partial charge in [-0.15, -0.1) is 0 Å². The summed E-state index contributed by atoms with van der Waals surface area (Å²) in [7, 11) is 0. The lowest BCUT2D eigenvalue weighted by atomic mass is 10.1. The predicted molar refractivity (Wildman–Crippen MR) is 97.6 cm³/mol. The minimum absolute atomic E-state index is 0.111. The summed E-state index contributed by atoms with van der Waals surface area (Å²) in [6, 6.07) is 11.7. The van der Waals surface area contributed by atoms with Gasteiger partial charge >= 0.3 is 0 Å². The van der Waals surface area contributed by atoms with E-state index in [1.54, 1.807) is 0 Å². The summed E-state index contributed by atoms with van der Waals surface area (Å²) in [5, 5.41) is 0. The molecule has 0 saturated carbocycles. The van der Waals surface area contributed by atoms with Crippen LogP contribution in [0.15, 0.2) is 42.6 Å². The van der Waals surface area contributed by atoms with E-state index in [0.717, 1.165) is 48.6 Å². The monoisotopic (exact) mass is 334 g/mol. The van der Waals surface area contributed by atoms with Gasteiger partial charge in [0, 0.05) is 37.3 Å². The number of rotatable bonds is 3. The molecule has 1 fully saturated rings. The van der Waals surface area contributed by atoms with Gasteiger partial charge < -0.3 is 9.47 Å². The number of carbonyl (C=O) groups is 1. The van der Waals surface area contributed by atoms with E-state index in [2.05, 4.69) is 16.5 Å². The fourth-order valence-electron chi connectivity index (χ4n) is 3.63. The maximum absolute atomic E-state index is 12.7. The van der Waals surface area contributed by atoms with Crippen molar-refractivity contribution in [2.75, 3.05) is 13.1 Å². The van der Waals surface area contributed by atoms with E-state index in [4.69, 9.17) is 4.98 Å². The number of amides is 1. The standard InChI is InChI=1S/C20H22N4O/c1-3-24-18(22-17-5-4-11-21-19(17)24)16-10-12-23(13-16)20(25)15-8-6-14(2)7-9-15/h4-9,11,16H,3,10,12-13H2,1-2H3/t16-/m1/s1. The largest absolute Gasteiger partial charge is 0.338 e. The number of fused-ring (bicyclic) bond motifs is 1. The Bertz CT molecular complexity index is 913. The zero-order valence-corrected chi connectivity index (χ0v) is 14.6. The summed E-state index contributed by atoms with van der Waals surface area (Å²) in [5.41, 5.74) is 3.79. The van der Waals surface area contributed by atoms with Crippen LogP contribution in [0.1, 0.15) is 41.0 Å². The van der Waals surface area contributed by atoms with E-state index >= 15 is 0 Å². The van der Waals surface area contributed by atoms with Crippen molar-refractivity contribution in [1.82, 2.24) is 19.4 Å². The molecule has 1 aromatic carbocycles. The van der Waals surface area contributed by atoms with Gasteiger partial charge in [-0.3, -0.25) is 4.79 Å². The highest BCUT2D eigenvalue weighted by molar-refractivity contribution is 5.94. The van der Waals surface area contributed by atoms with Crippen molar-refractivity contribution in [2.45, 2.75) is 32.7 Å². The van der Waals surface area contributed by atoms with Crippen molar-refractivity contribution in [2.24, 2.45) is 0 Å². The fourth-order valence-corrected chi connectivity index (χ4v) is 3.63. The van der Waals surface area contributed by atoms with Gasteiger partial charge in [-0.2, -0.15) is 0 Å². The van der Waals surface area contributed by atoms with Crippen LogP contribution in [0.3, 0.4) is 0 Å². The molecule has 25 heavy (non-hydrogen) atoms. The van der Waals surface area contributed by atoms with E-state index < -0.39 is 0 Å². The van der Waals surface area contributed by atoms with Crippen LogP contribution in [-0.2, 0) is 6.54 Å². The van der Waals surface area contributed by atoms with E-state index in [-0.39, 0.29) is 11.8 Å². The van der Waals surface area contributed by atoms with Gasteiger partial charge in [-0.1, -0.05) is 17.7 Å². The minimum atomic E-state index is 0.111. The topological polar surface area (TPSA) is 51.0 Å². The third kappa shape index (κ3) is 2.80. The zero-order valence-electron chi connectivity index (χ0n) is 14.6. The molecule has 3 aromatic rings. The number of hydrogen-bond acceptors (Lipinski definition) is 3. The molecule has 0 aliphatic carbocycles. The van der Waals surface area contributed by atoms with Crippen molar-refractivity contribution in [3.63, 3.8) is 0 Å². The first-order valence-corrected chi connectivity index (χ1v) is 8.84. The van der Waals surface area contributed by atoms with Gasteiger partial charge in [-0.05, 0) is 44.5 Å². The van der Waals surface area contributed by atoms with Crippen LogP contribution in [-0.4, -0.2) is 38.4 Å². The first kappa shape index (κ1) is 15.8. The molecule has 2 aromatic heterocycles. The van der Waals surface area contributed by atoms with Gasteiger partial charge in [0.05, 0.1) is 0 Å². The van der Waals surface area contributed by atoms with Crippen LogP contribution in [0.2, 0.25) is 0 Å². The maximum atomic E-state index is 12.7. The van der Waals surface area contributed by atoms with Crippen LogP contribution < -0.4 is 0 Å². The Balaban J connectivity index is 1.58. The quantitative estimate of drug-likeness (QED) is 0.738. The normalized spacial score (nSPS) is 17.4. The first-order valence-electron chi connectivity index (χ1n) is 8.84. The SMILES string of the molecule is CCn1c([C@@H]2CCN(C(=O)c3ccc(C)cc3)C2)nc2cccnc21. The number of carbonyl (C=O) groups excluding carboxylic acids is 1. The molecule has 1 aliphatic rings. The molecule has 0 unspecified atom stereocenters. The Morgan fingerprint density at radius 3 is 2.80 bits per heavy atom. The molecule has 1 aliphatic heterocycles. The van der Waals surface area contributed by atoms with Gasteiger partial charge in [0.2, 0.25) is 0 Å². The summed E-state index contributed by atoms with van der Waals surface area (Å²) < 4.78 is 2.18. The van der Waals surface area contributed by atoms with Crippen LogP contribution >= 0.6 is 0 Å². The van der Waals surface area contributed by atoms with E-state index in [1.807, 2.05) is 54.4 Å². The Kier molecular flexibility index (Phi) is 3.99. The Hall–Kier alpha value is -2.69. The minimum Gasteiger partial charge on any atom is -0.338 e. The van der Waals surface area contributed by atoms with Crippen LogP contribution in [0.4, 0.5) is 0 Å². The van der Waals surface area contributed by atoms with Gasteiger partial charge in [0.15, 0.2) is 5.65 Å². The number of nitrogens with zero attached hydrogens (tertiary/aromatic N) is 4. The van der Waals surface area contributed by atoms with Crippen molar-refractivity contribution < 1.29 is 4.79 Å². The van der Waals surface area contributed by atoms with Gasteiger partial charge in [0.25, 0.3) is 5.91 Å². The molecule has 3 heterocycles. The molecule has 4 rings (SSSR count). The third-order valence-corrected chi connectivity index (χ3v) is 4.99. The highest BCUT2D eigenvalue weighted by atomic mass is 16.2. The predicted octanol–water partition coefficient (Wildman–Crippen LogP) is 3.39. The lowest BCUT2D eigenvalue weighted by Crippen LogP contribution is -2.28. The number of pyridine rings is 1. The molecule has 1 saturated heterocycles. The average molecular weight is 334 g/mol. The molecule has 0 radical (unpaired) electrons. The number of imidazole rings is 1. The number of aryl methyl sites for hydroxylation is 2. The Morgan fingerprint density at radius 2 is 2.04 bits per heavy atom. The number of likely N-dealkylation sites (tertiary alicyclic amines) is 1. The molecule has 0 bridgehead atoms. The summed E-state index contributed by atoms with van der Waals surface area (Å²) >= 11 is 0. The summed E-state index contributed by atoms with van der Waals surface area (Å²) in [5.74, 6) is 1.43. The molecular weight excluding hydrogens is 312 g/mol. The van der Waals surface area contributed by atoms with Crippen molar-refractivity contribution in [1.29, 1.82) is 0 Å². The highest BCUT2D eigenvalue weighted by Gasteiger charge is 2.31. The van der Waals surface area contributed by atoms with Crippen molar-refractivity contribution in [3.8, 4) is 0 Å². The van der Waals surface area contributed by atoms with E-state index in [1.165, 1.54) is 5.56 Å². The lowest BCUT2D eigenvalue weighted by Gasteiger charge is -2.17. The molecule has 0 N–H and O–H groups in total. The molecule has 5 heteroatoms. The Labute approximate surface area is 147 Å². The van der Waals surface area contributed by atoms with Gasteiger partial charge in [0.1, 0.15) is 11.3 Å². The van der Waals surface area contributed by atoms with Crippen molar-refractivity contribution >= 4 is 17.1 Å². The molecule has 1 amide bonds. The molecular formula is C20H22N4O. The van der Waals surface area contributed by atoms with Crippen LogP contribution in [0.5, 0.6) is 0 Å².